The van der Waals surface area contributed by atoms with Crippen LogP contribution in [0.1, 0.15) is 30.9 Å². The third-order valence-electron chi connectivity index (χ3n) is 4.22. The summed E-state index contributed by atoms with van der Waals surface area (Å²) < 4.78 is 25.3. The van der Waals surface area contributed by atoms with Gasteiger partial charge in [-0.2, -0.15) is 0 Å². The molecule has 0 spiro atoms. The second kappa shape index (κ2) is 9.57. The van der Waals surface area contributed by atoms with Gasteiger partial charge in [0, 0.05) is 13.1 Å². The molecule has 0 amide bonds. The van der Waals surface area contributed by atoms with Crippen LogP contribution in [0.25, 0.3) is 0 Å². The van der Waals surface area contributed by atoms with Gasteiger partial charge in [0.1, 0.15) is 0 Å². The van der Waals surface area contributed by atoms with Crippen molar-refractivity contribution in [1.82, 2.24) is 9.62 Å². The molecule has 0 aliphatic carbocycles. The number of hydrogen-bond donors (Lipinski definition) is 2. The van der Waals surface area contributed by atoms with E-state index in [1.54, 1.807) is 0 Å². The summed E-state index contributed by atoms with van der Waals surface area (Å²) in [6.45, 7) is 4.71. The molecule has 0 radical (unpaired) electrons. The molecule has 0 unspecified atom stereocenters. The topological polar surface area (TPSA) is 87.8 Å². The molecule has 1 aliphatic rings. The molecule has 1 aliphatic heterocycles. The molecule has 1 fully saturated rings. The fourth-order valence-electron chi connectivity index (χ4n) is 2.54. The first-order valence-corrected chi connectivity index (χ1v) is 9.59. The highest BCUT2D eigenvalue weighted by atomic mass is 127. The highest BCUT2D eigenvalue weighted by molar-refractivity contribution is 14.0. The van der Waals surface area contributed by atoms with Crippen molar-refractivity contribution in [2.24, 2.45) is 16.6 Å². The van der Waals surface area contributed by atoms with Crippen molar-refractivity contribution in [3.8, 4) is 0 Å². The van der Waals surface area contributed by atoms with Gasteiger partial charge in [-0.15, -0.1) is 24.0 Å². The summed E-state index contributed by atoms with van der Waals surface area (Å²) in [6.07, 6.45) is 2.32. The van der Waals surface area contributed by atoms with Crippen LogP contribution in [0.15, 0.2) is 29.3 Å². The molecule has 0 atom stereocenters. The number of nitrogens with one attached hydrogen (secondary N) is 1. The van der Waals surface area contributed by atoms with Crippen LogP contribution in [0, 0.1) is 5.92 Å². The third-order valence-corrected chi connectivity index (χ3v) is 5.56. The van der Waals surface area contributed by atoms with E-state index in [0.717, 1.165) is 43.0 Å². The van der Waals surface area contributed by atoms with Gasteiger partial charge >= 0.3 is 0 Å². The van der Waals surface area contributed by atoms with Crippen molar-refractivity contribution in [3.05, 3.63) is 35.4 Å². The molecule has 24 heavy (non-hydrogen) atoms. The lowest BCUT2D eigenvalue weighted by Gasteiger charge is -2.31. The normalized spacial score (nSPS) is 16.8. The maximum absolute atomic E-state index is 11.5. The Balaban J connectivity index is 0.00000288. The number of sulfonamides is 1. The van der Waals surface area contributed by atoms with Crippen molar-refractivity contribution < 1.29 is 8.42 Å². The zero-order valence-electron chi connectivity index (χ0n) is 14.2. The van der Waals surface area contributed by atoms with Crippen molar-refractivity contribution in [2.75, 3.05) is 20.1 Å². The van der Waals surface area contributed by atoms with Gasteiger partial charge in [0.15, 0.2) is 5.96 Å². The molecule has 0 aromatic heterocycles. The maximum atomic E-state index is 11.5. The number of halogens is 1. The standard InChI is InChI=1S/C16H26N4O2S.HI/c1-13-7-9-20(10-8-13)16(17)19-11-14-3-5-15(6-4-14)12-23(21,22)18-2;/h3-6,13,18H,7-12H2,1-2H3,(H2,17,19);1H. The Labute approximate surface area is 162 Å². The lowest BCUT2D eigenvalue weighted by molar-refractivity contribution is 0.277. The van der Waals surface area contributed by atoms with Gasteiger partial charge in [0.05, 0.1) is 12.3 Å². The van der Waals surface area contributed by atoms with Gasteiger partial charge in [-0.05, 0) is 36.9 Å². The van der Waals surface area contributed by atoms with E-state index in [1.165, 1.54) is 7.05 Å². The maximum Gasteiger partial charge on any atom is 0.215 e. The summed E-state index contributed by atoms with van der Waals surface area (Å²) in [5.41, 5.74) is 7.83. The van der Waals surface area contributed by atoms with E-state index in [-0.39, 0.29) is 29.7 Å². The minimum absolute atomic E-state index is 0. The summed E-state index contributed by atoms with van der Waals surface area (Å²) >= 11 is 0. The number of guanidine groups is 1. The van der Waals surface area contributed by atoms with Crippen LogP contribution in [0.4, 0.5) is 0 Å². The van der Waals surface area contributed by atoms with E-state index in [9.17, 15) is 8.42 Å². The Kier molecular flexibility index (Phi) is 8.44. The summed E-state index contributed by atoms with van der Waals surface area (Å²) in [6, 6.07) is 7.43. The molecule has 1 saturated heterocycles. The lowest BCUT2D eigenvalue weighted by atomic mass is 10.00. The Hall–Kier alpha value is -0.870. The number of hydrogen-bond acceptors (Lipinski definition) is 3. The van der Waals surface area contributed by atoms with Crippen LogP contribution >= 0.6 is 24.0 Å². The number of piperidine rings is 1. The third kappa shape index (κ3) is 6.56. The first-order valence-electron chi connectivity index (χ1n) is 7.93. The highest BCUT2D eigenvalue weighted by Crippen LogP contribution is 2.16. The van der Waals surface area contributed by atoms with Gasteiger partial charge in [-0.25, -0.2) is 18.1 Å². The predicted molar refractivity (Wildman–Crippen MR) is 109 cm³/mol. The van der Waals surface area contributed by atoms with Crippen LogP contribution in [0.5, 0.6) is 0 Å². The Morgan fingerprint density at radius 3 is 2.33 bits per heavy atom. The van der Waals surface area contributed by atoms with Crippen LogP contribution in [0.2, 0.25) is 0 Å². The SMILES string of the molecule is CNS(=O)(=O)Cc1ccc(CN=C(N)N2CCC(C)CC2)cc1.I. The molecular formula is C16H27IN4O2S. The van der Waals surface area contributed by atoms with Gasteiger partial charge < -0.3 is 10.6 Å². The predicted octanol–water partition coefficient (Wildman–Crippen LogP) is 1.90. The van der Waals surface area contributed by atoms with Crippen LogP contribution in [0.3, 0.4) is 0 Å². The van der Waals surface area contributed by atoms with Gasteiger partial charge in [-0.1, -0.05) is 31.2 Å². The summed E-state index contributed by atoms with van der Waals surface area (Å²) in [5.74, 6) is 1.35. The molecule has 0 bridgehead atoms. The Morgan fingerprint density at radius 1 is 1.25 bits per heavy atom. The van der Waals surface area contributed by atoms with Crippen LogP contribution in [-0.2, 0) is 22.3 Å². The molecule has 0 saturated carbocycles. The van der Waals surface area contributed by atoms with E-state index in [4.69, 9.17) is 5.73 Å². The van der Waals surface area contributed by atoms with E-state index < -0.39 is 10.0 Å². The fraction of sp³-hybridized carbons (Fsp3) is 0.562. The molecule has 3 N–H and O–H groups in total. The molecule has 8 heteroatoms. The molecule has 1 heterocycles. The van der Waals surface area contributed by atoms with Crippen LogP contribution in [-0.4, -0.2) is 39.4 Å². The molecule has 2 rings (SSSR count). The van der Waals surface area contributed by atoms with Crippen molar-refractivity contribution >= 4 is 40.0 Å². The monoisotopic (exact) mass is 466 g/mol. The zero-order valence-corrected chi connectivity index (χ0v) is 17.4. The minimum atomic E-state index is -3.23. The molecule has 136 valence electrons. The number of aliphatic imine (C=N–C) groups is 1. The number of rotatable bonds is 5. The summed E-state index contributed by atoms with van der Waals surface area (Å²) in [7, 11) is -1.82. The fourth-order valence-corrected chi connectivity index (χ4v) is 3.32. The van der Waals surface area contributed by atoms with Gasteiger partial charge in [0.2, 0.25) is 10.0 Å². The average Bonchev–Trinajstić information content (AvgIpc) is 2.54. The molecular weight excluding hydrogens is 439 g/mol. The van der Waals surface area contributed by atoms with Crippen LogP contribution < -0.4 is 10.5 Å². The first-order chi connectivity index (χ1) is 10.9. The summed E-state index contributed by atoms with van der Waals surface area (Å²) in [4.78, 5) is 6.59. The van der Waals surface area contributed by atoms with Gasteiger partial charge in [0.25, 0.3) is 0 Å². The number of likely N-dealkylation sites (tertiary alicyclic amines) is 1. The van der Waals surface area contributed by atoms with Crippen molar-refractivity contribution in [2.45, 2.75) is 32.1 Å². The Bertz CT molecular complexity index is 639. The number of nitrogens with two attached hydrogens (primary N) is 1. The number of nitrogens with zero attached hydrogens (tertiary/aromatic N) is 2. The lowest BCUT2D eigenvalue weighted by Crippen LogP contribution is -2.42. The smallest absolute Gasteiger partial charge is 0.215 e. The van der Waals surface area contributed by atoms with Crippen molar-refractivity contribution in [1.29, 1.82) is 0 Å². The second-order valence-electron chi connectivity index (χ2n) is 6.12. The van der Waals surface area contributed by atoms with Gasteiger partial charge in [-0.3, -0.25) is 0 Å². The highest BCUT2D eigenvalue weighted by Gasteiger charge is 2.16. The number of benzene rings is 1. The first kappa shape index (κ1) is 21.2. The van der Waals surface area contributed by atoms with E-state index >= 15 is 0 Å². The molecule has 1 aromatic rings. The van der Waals surface area contributed by atoms with E-state index in [1.807, 2.05) is 24.3 Å². The van der Waals surface area contributed by atoms with E-state index in [0.29, 0.717) is 12.5 Å². The quantitative estimate of drug-likeness (QED) is 0.394. The zero-order chi connectivity index (χ0) is 16.9. The van der Waals surface area contributed by atoms with Crippen molar-refractivity contribution in [3.63, 3.8) is 0 Å². The minimum Gasteiger partial charge on any atom is -0.370 e. The largest absolute Gasteiger partial charge is 0.370 e. The second-order valence-corrected chi connectivity index (χ2v) is 8.05. The molecule has 1 aromatic carbocycles. The average molecular weight is 466 g/mol. The Morgan fingerprint density at radius 2 is 1.79 bits per heavy atom. The van der Waals surface area contributed by atoms with E-state index in [2.05, 4.69) is 21.5 Å². The summed E-state index contributed by atoms with van der Waals surface area (Å²) in [5, 5.41) is 0. The molecule has 6 nitrogen and oxygen atoms in total.